The van der Waals surface area contributed by atoms with E-state index in [0.717, 1.165) is 16.5 Å². The van der Waals surface area contributed by atoms with E-state index in [0.29, 0.717) is 17.5 Å². The average molecular weight is 390 g/mol. The van der Waals surface area contributed by atoms with E-state index >= 15 is 0 Å². The van der Waals surface area contributed by atoms with Gasteiger partial charge in [0.1, 0.15) is 0 Å². The molecule has 2 aromatic carbocycles. The number of guanidine groups is 1. The molecule has 2 aromatic rings. The minimum Gasteiger partial charge on any atom is -0.493 e. The number of nitrogens with one attached hydrogen (secondary N) is 1. The van der Waals surface area contributed by atoms with E-state index in [4.69, 9.17) is 15.2 Å². The molecule has 126 valence electrons. The highest BCUT2D eigenvalue weighted by Crippen LogP contribution is 2.36. The molecule has 1 heterocycles. The molecule has 5 nitrogen and oxygen atoms in total. The molecule has 0 saturated carbocycles. The maximum atomic E-state index is 6.02. The van der Waals surface area contributed by atoms with Crippen molar-refractivity contribution in [1.82, 2.24) is 5.32 Å². The third kappa shape index (κ3) is 3.48. The minimum absolute atomic E-state index is 0.0281. The summed E-state index contributed by atoms with van der Waals surface area (Å²) in [4.78, 5) is 4.55. The zero-order valence-electron chi connectivity index (χ0n) is 13.6. The van der Waals surface area contributed by atoms with Crippen LogP contribution < -0.4 is 20.5 Å². The fraction of sp³-hybridized carbons (Fsp3) is 0.278. The number of ether oxygens (including phenoxy) is 2. The fourth-order valence-electron chi connectivity index (χ4n) is 2.90. The second kappa shape index (κ2) is 7.13. The monoisotopic (exact) mass is 389 g/mol. The number of nitrogens with zero attached hydrogens (tertiary/aromatic N) is 1. The summed E-state index contributed by atoms with van der Waals surface area (Å²) in [6.45, 7) is 0. The Balaban J connectivity index is 1.88. The number of rotatable bonds is 4. The summed E-state index contributed by atoms with van der Waals surface area (Å²) in [7, 11) is 3.26. The Morgan fingerprint density at radius 2 is 1.71 bits per heavy atom. The lowest BCUT2D eigenvalue weighted by Gasteiger charge is -2.29. The predicted molar refractivity (Wildman–Crippen MR) is 98.5 cm³/mol. The zero-order chi connectivity index (χ0) is 17.1. The van der Waals surface area contributed by atoms with Gasteiger partial charge >= 0.3 is 0 Å². The molecule has 0 saturated heterocycles. The van der Waals surface area contributed by atoms with Gasteiger partial charge in [0.2, 0.25) is 0 Å². The summed E-state index contributed by atoms with van der Waals surface area (Å²) in [5.74, 6) is 1.85. The zero-order valence-corrected chi connectivity index (χ0v) is 15.2. The number of hydrogen-bond acceptors (Lipinski definition) is 5. The van der Waals surface area contributed by atoms with Crippen LogP contribution in [-0.4, -0.2) is 20.2 Å². The average Bonchev–Trinajstić information content (AvgIpc) is 2.61. The van der Waals surface area contributed by atoms with Crippen molar-refractivity contribution in [1.29, 1.82) is 0 Å². The molecular formula is C18H20BrN3O2. The maximum absolute atomic E-state index is 6.02. The van der Waals surface area contributed by atoms with Crippen LogP contribution in [-0.2, 0) is 0 Å². The molecule has 3 rings (SSSR count). The van der Waals surface area contributed by atoms with Crippen LogP contribution >= 0.6 is 15.9 Å². The standard InChI is InChI=1S/C18H20BrN3O2/c1-23-16-8-5-12(9-17(16)24-2)15-10-14(21-18(20)22-15)11-3-6-13(19)7-4-11/h3-9,14-15H,10H2,1-2H3,(H3,20,21,22). The lowest BCUT2D eigenvalue weighted by molar-refractivity contribution is 0.353. The van der Waals surface area contributed by atoms with Crippen LogP contribution in [0.15, 0.2) is 51.9 Å². The summed E-state index contributed by atoms with van der Waals surface area (Å²) in [6, 6.07) is 14.2. The second-order valence-electron chi connectivity index (χ2n) is 5.63. The SMILES string of the molecule is COc1ccc(C2CC(c3ccc(Br)cc3)NC(N)=N2)cc1OC. The summed E-state index contributed by atoms with van der Waals surface area (Å²) < 4.78 is 11.7. The third-order valence-corrected chi connectivity index (χ3v) is 4.67. The van der Waals surface area contributed by atoms with E-state index in [1.54, 1.807) is 14.2 Å². The van der Waals surface area contributed by atoms with Crippen LogP contribution in [0.4, 0.5) is 0 Å². The Labute approximate surface area is 150 Å². The van der Waals surface area contributed by atoms with Gasteiger partial charge in [-0.05, 0) is 41.8 Å². The summed E-state index contributed by atoms with van der Waals surface area (Å²) in [5.41, 5.74) is 8.26. The molecule has 2 atom stereocenters. The van der Waals surface area contributed by atoms with Crippen LogP contribution in [0.2, 0.25) is 0 Å². The molecule has 0 aliphatic carbocycles. The van der Waals surface area contributed by atoms with E-state index in [-0.39, 0.29) is 12.1 Å². The van der Waals surface area contributed by atoms with Gasteiger partial charge in [-0.15, -0.1) is 0 Å². The molecule has 24 heavy (non-hydrogen) atoms. The van der Waals surface area contributed by atoms with Gasteiger partial charge < -0.3 is 20.5 Å². The molecule has 0 aromatic heterocycles. The van der Waals surface area contributed by atoms with Crippen molar-refractivity contribution in [2.24, 2.45) is 10.7 Å². The van der Waals surface area contributed by atoms with Crippen molar-refractivity contribution in [3.8, 4) is 11.5 Å². The van der Waals surface area contributed by atoms with E-state index < -0.39 is 0 Å². The molecular weight excluding hydrogens is 370 g/mol. The van der Waals surface area contributed by atoms with Crippen LogP contribution in [0.1, 0.15) is 29.6 Å². The highest BCUT2D eigenvalue weighted by molar-refractivity contribution is 9.10. The van der Waals surface area contributed by atoms with Crippen molar-refractivity contribution in [3.63, 3.8) is 0 Å². The molecule has 3 N–H and O–H groups in total. The van der Waals surface area contributed by atoms with Gasteiger partial charge in [-0.3, -0.25) is 0 Å². The van der Waals surface area contributed by atoms with Gasteiger partial charge in [0.15, 0.2) is 17.5 Å². The van der Waals surface area contributed by atoms with Crippen molar-refractivity contribution in [3.05, 3.63) is 58.1 Å². The Kier molecular flexibility index (Phi) is 4.94. The molecule has 0 bridgehead atoms. The molecule has 6 heteroatoms. The molecule has 0 radical (unpaired) electrons. The first-order valence-electron chi connectivity index (χ1n) is 7.68. The molecule has 0 amide bonds. The van der Waals surface area contributed by atoms with Crippen LogP contribution in [0.5, 0.6) is 11.5 Å². The third-order valence-electron chi connectivity index (χ3n) is 4.14. The number of benzene rings is 2. The molecule has 1 aliphatic rings. The van der Waals surface area contributed by atoms with Gasteiger partial charge in [-0.2, -0.15) is 0 Å². The smallest absolute Gasteiger partial charge is 0.189 e. The van der Waals surface area contributed by atoms with Crippen molar-refractivity contribution in [2.45, 2.75) is 18.5 Å². The normalized spacial score (nSPS) is 20.0. The largest absolute Gasteiger partial charge is 0.493 e. The van der Waals surface area contributed by atoms with Gasteiger partial charge in [-0.1, -0.05) is 34.1 Å². The minimum atomic E-state index is -0.0281. The highest BCUT2D eigenvalue weighted by atomic mass is 79.9. The second-order valence-corrected chi connectivity index (χ2v) is 6.54. The van der Waals surface area contributed by atoms with Crippen LogP contribution in [0, 0.1) is 0 Å². The Morgan fingerprint density at radius 1 is 1.04 bits per heavy atom. The van der Waals surface area contributed by atoms with Crippen molar-refractivity contribution >= 4 is 21.9 Å². The van der Waals surface area contributed by atoms with Crippen molar-refractivity contribution < 1.29 is 9.47 Å². The predicted octanol–water partition coefficient (Wildman–Crippen LogP) is 3.56. The van der Waals surface area contributed by atoms with E-state index in [1.807, 2.05) is 30.3 Å². The number of hydrogen-bond donors (Lipinski definition) is 2. The first-order chi connectivity index (χ1) is 11.6. The van der Waals surface area contributed by atoms with Crippen LogP contribution in [0.25, 0.3) is 0 Å². The fourth-order valence-corrected chi connectivity index (χ4v) is 3.17. The van der Waals surface area contributed by atoms with Crippen molar-refractivity contribution in [2.75, 3.05) is 14.2 Å². The van der Waals surface area contributed by atoms with Gasteiger partial charge in [0.05, 0.1) is 26.3 Å². The van der Waals surface area contributed by atoms with Gasteiger partial charge in [0, 0.05) is 4.47 Å². The van der Waals surface area contributed by atoms with Gasteiger partial charge in [-0.25, -0.2) is 4.99 Å². The Bertz CT molecular complexity index is 746. The molecule has 0 spiro atoms. The number of aliphatic imine (C=N–C) groups is 1. The number of methoxy groups -OCH3 is 2. The molecule has 2 unspecified atom stereocenters. The Hall–Kier alpha value is -2.21. The van der Waals surface area contributed by atoms with E-state index in [1.165, 1.54) is 5.56 Å². The highest BCUT2D eigenvalue weighted by Gasteiger charge is 2.25. The lowest BCUT2D eigenvalue weighted by atomic mass is 9.93. The van der Waals surface area contributed by atoms with E-state index in [2.05, 4.69) is 38.4 Å². The van der Waals surface area contributed by atoms with Gasteiger partial charge in [0.25, 0.3) is 0 Å². The summed E-state index contributed by atoms with van der Waals surface area (Å²) in [5, 5.41) is 3.26. The first-order valence-corrected chi connectivity index (χ1v) is 8.47. The lowest BCUT2D eigenvalue weighted by Crippen LogP contribution is -2.39. The first kappa shape index (κ1) is 16.6. The quantitative estimate of drug-likeness (QED) is 0.838. The maximum Gasteiger partial charge on any atom is 0.189 e. The number of nitrogens with two attached hydrogens (primary N) is 1. The number of halogens is 1. The van der Waals surface area contributed by atoms with E-state index in [9.17, 15) is 0 Å². The van der Waals surface area contributed by atoms with Crippen LogP contribution in [0.3, 0.4) is 0 Å². The molecule has 0 fully saturated rings. The molecule has 1 aliphatic heterocycles. The topological polar surface area (TPSA) is 68.9 Å². The summed E-state index contributed by atoms with van der Waals surface area (Å²) in [6.07, 6.45) is 0.817. The Morgan fingerprint density at radius 3 is 2.38 bits per heavy atom. The summed E-state index contributed by atoms with van der Waals surface area (Å²) >= 11 is 3.46.